The van der Waals surface area contributed by atoms with Crippen molar-refractivity contribution >= 4 is 17.2 Å². The highest BCUT2D eigenvalue weighted by Gasteiger charge is 2.15. The van der Waals surface area contributed by atoms with Gasteiger partial charge in [0.1, 0.15) is 0 Å². The van der Waals surface area contributed by atoms with Crippen LogP contribution in [0.15, 0.2) is 30.0 Å². The molecule has 1 N–H and O–H groups in total. The Kier molecular flexibility index (Phi) is 3.36. The summed E-state index contributed by atoms with van der Waals surface area (Å²) in [7, 11) is 0. The van der Waals surface area contributed by atoms with Crippen LogP contribution in [0.5, 0.6) is 0 Å². The van der Waals surface area contributed by atoms with Gasteiger partial charge in [-0.2, -0.15) is 4.39 Å². The summed E-state index contributed by atoms with van der Waals surface area (Å²) in [5.41, 5.74) is 0.527. The maximum absolute atomic E-state index is 13.1. The summed E-state index contributed by atoms with van der Waals surface area (Å²) in [4.78, 5) is 21.0. The third-order valence-electron chi connectivity index (χ3n) is 2.65. The minimum Gasteiger partial charge on any atom is -0.359 e. The van der Waals surface area contributed by atoms with Gasteiger partial charge in [-0.05, 0) is 25.0 Å². The van der Waals surface area contributed by atoms with Gasteiger partial charge in [0.25, 0.3) is 0 Å². The van der Waals surface area contributed by atoms with Crippen LogP contribution in [0.25, 0.3) is 0 Å². The van der Waals surface area contributed by atoms with Crippen molar-refractivity contribution in [3.63, 3.8) is 0 Å². The molecule has 1 aliphatic rings. The molecule has 6 heteroatoms. The van der Waals surface area contributed by atoms with Gasteiger partial charge in [0.15, 0.2) is 5.78 Å². The topological polar surface area (TPSA) is 72.2 Å². The molecule has 0 radical (unpaired) electrons. The summed E-state index contributed by atoms with van der Waals surface area (Å²) in [6.07, 6.45) is 3.46. The third-order valence-corrected chi connectivity index (χ3v) is 2.65. The lowest BCUT2D eigenvalue weighted by Crippen LogP contribution is -2.09. The van der Waals surface area contributed by atoms with Crippen molar-refractivity contribution in [3.05, 3.63) is 45.9 Å². The molecule has 0 saturated carbocycles. The zero-order valence-corrected chi connectivity index (χ0v) is 9.48. The fourth-order valence-corrected chi connectivity index (χ4v) is 1.81. The molecule has 0 spiro atoms. The average Bonchev–Trinajstić information content (AvgIpc) is 2.31. The SMILES string of the molecule is O=C1C=C(Nc2ccc(F)c([N+](=O)[O-])c2)CCC1. The van der Waals surface area contributed by atoms with Crippen LogP contribution in [-0.4, -0.2) is 10.7 Å². The van der Waals surface area contributed by atoms with Gasteiger partial charge < -0.3 is 5.32 Å². The summed E-state index contributed by atoms with van der Waals surface area (Å²) in [6, 6.07) is 3.56. The maximum atomic E-state index is 13.1. The number of hydrogen-bond donors (Lipinski definition) is 1. The van der Waals surface area contributed by atoms with E-state index in [0.29, 0.717) is 24.2 Å². The Morgan fingerprint density at radius 2 is 2.11 bits per heavy atom. The molecule has 0 fully saturated rings. The molecule has 2 rings (SSSR count). The van der Waals surface area contributed by atoms with Crippen molar-refractivity contribution in [1.29, 1.82) is 0 Å². The second-order valence-electron chi connectivity index (χ2n) is 4.04. The highest BCUT2D eigenvalue weighted by atomic mass is 19.1. The van der Waals surface area contributed by atoms with Gasteiger partial charge in [-0.15, -0.1) is 0 Å². The molecule has 0 aromatic heterocycles. The molecular formula is C12H11FN2O3. The molecule has 0 atom stereocenters. The smallest absolute Gasteiger partial charge is 0.306 e. The number of nitrogens with zero attached hydrogens (tertiary/aromatic N) is 1. The van der Waals surface area contributed by atoms with Crippen LogP contribution in [0.4, 0.5) is 15.8 Å². The molecule has 94 valence electrons. The second-order valence-corrected chi connectivity index (χ2v) is 4.04. The van der Waals surface area contributed by atoms with Crippen molar-refractivity contribution in [2.24, 2.45) is 0 Å². The lowest BCUT2D eigenvalue weighted by Gasteiger charge is -2.14. The molecule has 1 aromatic rings. The Morgan fingerprint density at radius 3 is 2.78 bits per heavy atom. The number of halogens is 1. The van der Waals surface area contributed by atoms with Crippen molar-refractivity contribution in [1.82, 2.24) is 0 Å². The quantitative estimate of drug-likeness (QED) is 0.661. The molecule has 18 heavy (non-hydrogen) atoms. The van der Waals surface area contributed by atoms with Crippen LogP contribution in [0.3, 0.4) is 0 Å². The van der Waals surface area contributed by atoms with Crippen molar-refractivity contribution < 1.29 is 14.1 Å². The van der Waals surface area contributed by atoms with E-state index < -0.39 is 16.4 Å². The molecule has 1 aliphatic carbocycles. The molecule has 0 aliphatic heterocycles. The van der Waals surface area contributed by atoms with Gasteiger partial charge in [0.05, 0.1) is 4.92 Å². The standard InChI is InChI=1S/C12H11FN2O3/c13-11-5-4-9(7-12(11)15(17)18)14-8-2-1-3-10(16)6-8/h4-7,14H,1-3H2. The molecule has 0 heterocycles. The molecule has 0 unspecified atom stereocenters. The zero-order chi connectivity index (χ0) is 13.1. The van der Waals surface area contributed by atoms with Gasteiger partial charge in [-0.3, -0.25) is 14.9 Å². The lowest BCUT2D eigenvalue weighted by molar-refractivity contribution is -0.387. The zero-order valence-electron chi connectivity index (χ0n) is 9.48. The van der Waals surface area contributed by atoms with Crippen LogP contribution in [0.2, 0.25) is 0 Å². The number of benzene rings is 1. The monoisotopic (exact) mass is 250 g/mol. The summed E-state index contributed by atoms with van der Waals surface area (Å²) in [5.74, 6) is -0.848. The number of hydrogen-bond acceptors (Lipinski definition) is 4. The number of nitrogens with one attached hydrogen (secondary N) is 1. The molecule has 0 amide bonds. The van der Waals surface area contributed by atoms with E-state index in [0.717, 1.165) is 18.6 Å². The molecule has 0 bridgehead atoms. The van der Waals surface area contributed by atoms with E-state index in [9.17, 15) is 19.3 Å². The van der Waals surface area contributed by atoms with E-state index in [1.807, 2.05) is 0 Å². The van der Waals surface area contributed by atoms with Crippen molar-refractivity contribution in [2.75, 3.05) is 5.32 Å². The Morgan fingerprint density at radius 1 is 1.33 bits per heavy atom. The van der Waals surface area contributed by atoms with Gasteiger partial charge in [-0.1, -0.05) is 0 Å². The summed E-state index contributed by atoms with van der Waals surface area (Å²) in [5, 5.41) is 13.5. The normalized spacial score (nSPS) is 15.2. The van der Waals surface area contributed by atoms with Gasteiger partial charge in [0, 0.05) is 29.9 Å². The number of nitro benzene ring substituents is 1. The minimum absolute atomic E-state index is 0.0281. The summed E-state index contributed by atoms with van der Waals surface area (Å²) in [6.45, 7) is 0. The Bertz CT molecular complexity index is 540. The lowest BCUT2D eigenvalue weighted by atomic mass is 10.0. The van der Waals surface area contributed by atoms with Crippen LogP contribution in [0, 0.1) is 15.9 Å². The first-order valence-electron chi connectivity index (χ1n) is 5.50. The number of allylic oxidation sites excluding steroid dienone is 2. The van der Waals surface area contributed by atoms with Crippen LogP contribution >= 0.6 is 0 Å². The average molecular weight is 250 g/mol. The largest absolute Gasteiger partial charge is 0.359 e. The van der Waals surface area contributed by atoms with Crippen LogP contribution in [-0.2, 0) is 4.79 Å². The van der Waals surface area contributed by atoms with E-state index in [1.165, 1.54) is 12.1 Å². The number of carbonyl (C=O) groups excluding carboxylic acids is 1. The van der Waals surface area contributed by atoms with E-state index in [4.69, 9.17) is 0 Å². The molecular weight excluding hydrogens is 239 g/mol. The maximum Gasteiger partial charge on any atom is 0.306 e. The van der Waals surface area contributed by atoms with Crippen LogP contribution < -0.4 is 5.32 Å². The number of rotatable bonds is 3. The third kappa shape index (κ3) is 2.71. The Balaban J connectivity index is 2.22. The van der Waals surface area contributed by atoms with E-state index in [1.54, 1.807) is 0 Å². The predicted octanol–water partition coefficient (Wildman–Crippen LogP) is 2.78. The number of ketones is 1. The Hall–Kier alpha value is -2.24. The van der Waals surface area contributed by atoms with Crippen LogP contribution in [0.1, 0.15) is 19.3 Å². The summed E-state index contributed by atoms with van der Waals surface area (Å²) >= 11 is 0. The minimum atomic E-state index is -0.876. The van der Waals surface area contributed by atoms with Gasteiger partial charge >= 0.3 is 5.69 Å². The Labute approximate surface area is 102 Å². The molecule has 1 aromatic carbocycles. The first-order chi connectivity index (χ1) is 8.56. The highest BCUT2D eigenvalue weighted by molar-refractivity contribution is 5.91. The number of carbonyl (C=O) groups is 1. The first-order valence-corrected chi connectivity index (χ1v) is 5.50. The number of anilines is 1. The number of nitro groups is 1. The fraction of sp³-hybridized carbons (Fsp3) is 0.250. The van der Waals surface area contributed by atoms with Crippen molar-refractivity contribution in [2.45, 2.75) is 19.3 Å². The fourth-order valence-electron chi connectivity index (χ4n) is 1.81. The van der Waals surface area contributed by atoms with E-state index in [-0.39, 0.29) is 5.78 Å². The molecule has 0 saturated heterocycles. The van der Waals surface area contributed by atoms with Gasteiger partial charge in [0.2, 0.25) is 5.82 Å². The summed E-state index contributed by atoms with van der Waals surface area (Å²) < 4.78 is 13.1. The van der Waals surface area contributed by atoms with E-state index >= 15 is 0 Å². The van der Waals surface area contributed by atoms with Gasteiger partial charge in [-0.25, -0.2) is 0 Å². The van der Waals surface area contributed by atoms with Crippen molar-refractivity contribution in [3.8, 4) is 0 Å². The molecule has 5 nitrogen and oxygen atoms in total. The highest BCUT2D eigenvalue weighted by Crippen LogP contribution is 2.24. The second kappa shape index (κ2) is 4.95. The first kappa shape index (κ1) is 12.2. The van der Waals surface area contributed by atoms with E-state index in [2.05, 4.69) is 5.32 Å². The predicted molar refractivity (Wildman–Crippen MR) is 63.6 cm³/mol.